The first-order valence-electron chi connectivity index (χ1n) is 8.76. The van der Waals surface area contributed by atoms with Crippen molar-refractivity contribution in [1.82, 2.24) is 14.7 Å². The van der Waals surface area contributed by atoms with E-state index >= 15 is 0 Å². The van der Waals surface area contributed by atoms with Gasteiger partial charge in [0.25, 0.3) is 5.91 Å². The average molecular weight is 325 g/mol. The van der Waals surface area contributed by atoms with Crippen LogP contribution in [0.4, 0.5) is 0 Å². The van der Waals surface area contributed by atoms with Crippen molar-refractivity contribution in [2.24, 2.45) is 5.92 Å². The van der Waals surface area contributed by atoms with E-state index in [-0.39, 0.29) is 5.91 Å². The second-order valence-electron chi connectivity index (χ2n) is 6.78. The Bertz CT molecular complexity index is 731. The number of fused-ring (bicyclic) bond motifs is 1. The normalized spacial score (nSPS) is 17.6. The highest BCUT2D eigenvalue weighted by Crippen LogP contribution is 2.28. The highest BCUT2D eigenvalue weighted by Gasteiger charge is 2.29. The molecule has 0 bridgehead atoms. The van der Waals surface area contributed by atoms with Crippen LogP contribution in [0.3, 0.4) is 0 Å². The maximum Gasteiger partial charge on any atom is 0.274 e. The van der Waals surface area contributed by atoms with E-state index < -0.39 is 0 Å². The summed E-state index contributed by atoms with van der Waals surface area (Å²) >= 11 is 0. The number of amides is 1. The van der Waals surface area contributed by atoms with Crippen LogP contribution < -0.4 is 4.74 Å². The molecule has 0 spiro atoms. The van der Waals surface area contributed by atoms with Crippen LogP contribution in [-0.4, -0.2) is 40.3 Å². The molecule has 4 rings (SSSR count). The number of piperidine rings is 1. The van der Waals surface area contributed by atoms with E-state index in [9.17, 15) is 4.79 Å². The van der Waals surface area contributed by atoms with E-state index in [1.807, 2.05) is 16.5 Å². The lowest BCUT2D eigenvalue weighted by atomic mass is 9.90. The van der Waals surface area contributed by atoms with Crippen molar-refractivity contribution < 1.29 is 9.53 Å². The molecular formula is C19H23N3O2. The third kappa shape index (κ3) is 2.79. The Morgan fingerprint density at radius 2 is 1.96 bits per heavy atom. The first-order chi connectivity index (χ1) is 11.7. The van der Waals surface area contributed by atoms with Gasteiger partial charge in [-0.2, -0.15) is 5.10 Å². The van der Waals surface area contributed by atoms with Crippen LogP contribution in [0.2, 0.25) is 0 Å². The third-order valence-corrected chi connectivity index (χ3v) is 5.14. The number of carbonyl (C=O) groups excluding carboxylic acids is 1. The monoisotopic (exact) mass is 325 g/mol. The molecular weight excluding hydrogens is 302 g/mol. The topological polar surface area (TPSA) is 47.4 Å². The Hall–Kier alpha value is -2.30. The van der Waals surface area contributed by atoms with Gasteiger partial charge in [0, 0.05) is 18.7 Å². The molecule has 5 heteroatoms. The maximum atomic E-state index is 12.8. The summed E-state index contributed by atoms with van der Waals surface area (Å²) in [5.41, 5.74) is 2.83. The quantitative estimate of drug-likeness (QED) is 0.872. The third-order valence-electron chi connectivity index (χ3n) is 5.14. The number of benzene rings is 1. The molecule has 1 aromatic carbocycles. The lowest BCUT2D eigenvalue weighted by molar-refractivity contribution is 0.0682. The van der Waals surface area contributed by atoms with Crippen LogP contribution in [-0.2, 0) is 13.0 Å². The molecule has 0 N–H and O–H groups in total. The molecule has 2 aliphatic rings. The zero-order valence-electron chi connectivity index (χ0n) is 14.1. The van der Waals surface area contributed by atoms with Crippen molar-refractivity contribution in [3.8, 4) is 5.88 Å². The Balaban J connectivity index is 1.38. The highest BCUT2D eigenvalue weighted by atomic mass is 16.5. The van der Waals surface area contributed by atoms with E-state index in [1.54, 1.807) is 0 Å². The SMILES string of the molecule is Cc1c(C(=O)N2CCC(Cc3ccccc3)CC2)nn2c1OCC2. The van der Waals surface area contributed by atoms with Gasteiger partial charge < -0.3 is 9.64 Å². The zero-order valence-corrected chi connectivity index (χ0v) is 14.1. The van der Waals surface area contributed by atoms with Crippen LogP contribution >= 0.6 is 0 Å². The molecule has 2 aliphatic heterocycles. The second kappa shape index (κ2) is 6.30. The van der Waals surface area contributed by atoms with E-state index in [0.29, 0.717) is 18.2 Å². The number of rotatable bonds is 3. The lowest BCUT2D eigenvalue weighted by Gasteiger charge is -2.31. The van der Waals surface area contributed by atoms with Crippen molar-refractivity contribution in [3.63, 3.8) is 0 Å². The van der Waals surface area contributed by atoms with Gasteiger partial charge in [0.05, 0.1) is 6.54 Å². The molecule has 126 valence electrons. The minimum atomic E-state index is 0.0520. The molecule has 0 atom stereocenters. The fourth-order valence-corrected chi connectivity index (χ4v) is 3.74. The van der Waals surface area contributed by atoms with Gasteiger partial charge in [0.15, 0.2) is 5.69 Å². The molecule has 2 aromatic rings. The fourth-order valence-electron chi connectivity index (χ4n) is 3.74. The van der Waals surface area contributed by atoms with Crippen molar-refractivity contribution in [2.45, 2.75) is 32.7 Å². The summed E-state index contributed by atoms with van der Waals surface area (Å²) < 4.78 is 7.37. The molecule has 1 amide bonds. The first-order valence-corrected chi connectivity index (χ1v) is 8.76. The molecule has 5 nitrogen and oxygen atoms in total. The van der Waals surface area contributed by atoms with E-state index in [0.717, 1.165) is 50.3 Å². The summed E-state index contributed by atoms with van der Waals surface area (Å²) in [5, 5.41) is 4.45. The van der Waals surface area contributed by atoms with E-state index in [1.165, 1.54) is 5.56 Å². The molecule has 0 saturated carbocycles. The predicted molar refractivity (Wildman–Crippen MR) is 91.2 cm³/mol. The maximum absolute atomic E-state index is 12.8. The van der Waals surface area contributed by atoms with Gasteiger partial charge in [-0.1, -0.05) is 30.3 Å². The van der Waals surface area contributed by atoms with Crippen molar-refractivity contribution in [2.75, 3.05) is 19.7 Å². The molecule has 1 aromatic heterocycles. The summed E-state index contributed by atoms with van der Waals surface area (Å²) in [6.45, 7) is 4.96. The van der Waals surface area contributed by atoms with Gasteiger partial charge >= 0.3 is 0 Å². The number of ether oxygens (including phenoxy) is 1. The summed E-state index contributed by atoms with van der Waals surface area (Å²) in [6, 6.07) is 10.6. The van der Waals surface area contributed by atoms with Gasteiger partial charge in [-0.25, -0.2) is 4.68 Å². The molecule has 0 aliphatic carbocycles. The number of likely N-dealkylation sites (tertiary alicyclic amines) is 1. The van der Waals surface area contributed by atoms with E-state index in [4.69, 9.17) is 4.74 Å². The Morgan fingerprint density at radius 1 is 1.21 bits per heavy atom. The smallest absolute Gasteiger partial charge is 0.274 e. The largest absolute Gasteiger partial charge is 0.476 e. The number of aromatic nitrogens is 2. The van der Waals surface area contributed by atoms with Crippen LogP contribution in [0.25, 0.3) is 0 Å². The summed E-state index contributed by atoms with van der Waals surface area (Å²) in [5.74, 6) is 1.47. The zero-order chi connectivity index (χ0) is 16.5. The van der Waals surface area contributed by atoms with Gasteiger partial charge in [-0.05, 0) is 37.7 Å². The van der Waals surface area contributed by atoms with Crippen molar-refractivity contribution in [1.29, 1.82) is 0 Å². The summed E-state index contributed by atoms with van der Waals surface area (Å²) in [4.78, 5) is 14.7. The number of hydrogen-bond donors (Lipinski definition) is 0. The number of carbonyl (C=O) groups is 1. The molecule has 3 heterocycles. The minimum absolute atomic E-state index is 0.0520. The van der Waals surface area contributed by atoms with Gasteiger partial charge in [-0.15, -0.1) is 0 Å². The molecule has 0 radical (unpaired) electrons. The predicted octanol–water partition coefficient (Wildman–Crippen LogP) is 2.68. The fraction of sp³-hybridized carbons (Fsp3) is 0.474. The van der Waals surface area contributed by atoms with Crippen LogP contribution in [0.15, 0.2) is 30.3 Å². The standard InChI is InChI=1S/C19H23N3O2/c1-14-17(20-22-11-12-24-19(14)22)18(23)21-9-7-16(8-10-21)13-15-5-3-2-4-6-15/h2-6,16H,7-13H2,1H3. The Kier molecular flexibility index (Phi) is 4.00. The molecule has 24 heavy (non-hydrogen) atoms. The molecule has 1 saturated heterocycles. The first kappa shape index (κ1) is 15.2. The van der Waals surface area contributed by atoms with Crippen LogP contribution in [0, 0.1) is 12.8 Å². The lowest BCUT2D eigenvalue weighted by Crippen LogP contribution is -2.39. The van der Waals surface area contributed by atoms with E-state index in [2.05, 4.69) is 35.4 Å². The summed E-state index contributed by atoms with van der Waals surface area (Å²) in [7, 11) is 0. The van der Waals surface area contributed by atoms with Gasteiger partial charge in [0.2, 0.25) is 5.88 Å². The molecule has 1 fully saturated rings. The van der Waals surface area contributed by atoms with Gasteiger partial charge in [-0.3, -0.25) is 4.79 Å². The van der Waals surface area contributed by atoms with Crippen LogP contribution in [0.5, 0.6) is 5.88 Å². The highest BCUT2D eigenvalue weighted by molar-refractivity contribution is 5.94. The van der Waals surface area contributed by atoms with Crippen LogP contribution in [0.1, 0.15) is 34.5 Å². The van der Waals surface area contributed by atoms with Crippen molar-refractivity contribution in [3.05, 3.63) is 47.2 Å². The minimum Gasteiger partial charge on any atom is -0.476 e. The second-order valence-corrected chi connectivity index (χ2v) is 6.78. The van der Waals surface area contributed by atoms with Crippen molar-refractivity contribution >= 4 is 5.91 Å². The molecule has 0 unspecified atom stereocenters. The average Bonchev–Trinajstić information content (AvgIpc) is 3.19. The number of nitrogens with zero attached hydrogens (tertiary/aromatic N) is 3. The Morgan fingerprint density at radius 3 is 2.67 bits per heavy atom. The Labute approximate surface area is 142 Å². The van der Waals surface area contributed by atoms with Gasteiger partial charge in [0.1, 0.15) is 6.61 Å². The summed E-state index contributed by atoms with van der Waals surface area (Å²) in [6.07, 6.45) is 3.22. The number of hydrogen-bond acceptors (Lipinski definition) is 3.